The molecule has 1 saturated carbocycles. The topological polar surface area (TPSA) is 49.3 Å². The molecule has 3 nitrogen and oxygen atoms in total. The van der Waals surface area contributed by atoms with Crippen molar-refractivity contribution in [2.24, 2.45) is 11.8 Å². The zero-order valence-electron chi connectivity index (χ0n) is 12.8. The van der Waals surface area contributed by atoms with Gasteiger partial charge in [-0.1, -0.05) is 13.3 Å². The lowest BCUT2D eigenvalue weighted by atomic mass is 10.00. The van der Waals surface area contributed by atoms with Crippen LogP contribution < -0.4 is 5.32 Å². The molecule has 1 aromatic carbocycles. The fourth-order valence-corrected chi connectivity index (χ4v) is 2.94. The molecule has 122 valence electrons. The van der Waals surface area contributed by atoms with Crippen molar-refractivity contribution in [2.45, 2.75) is 38.5 Å². The van der Waals surface area contributed by atoms with Crippen molar-refractivity contribution >= 4 is 5.91 Å². The maximum atomic E-state index is 13.7. The monoisotopic (exact) mass is 311 g/mol. The van der Waals surface area contributed by atoms with Crippen LogP contribution in [-0.4, -0.2) is 24.2 Å². The third kappa shape index (κ3) is 4.26. The Morgan fingerprint density at radius 1 is 1.41 bits per heavy atom. The lowest BCUT2D eigenvalue weighted by Gasteiger charge is -2.15. The fourth-order valence-electron chi connectivity index (χ4n) is 2.94. The zero-order valence-corrected chi connectivity index (χ0v) is 12.8. The van der Waals surface area contributed by atoms with E-state index in [-0.39, 0.29) is 30.3 Å². The van der Waals surface area contributed by atoms with Crippen molar-refractivity contribution < 1.29 is 18.7 Å². The van der Waals surface area contributed by atoms with Gasteiger partial charge in [-0.05, 0) is 54.9 Å². The van der Waals surface area contributed by atoms with E-state index in [1.807, 2.05) is 0 Å². The number of aliphatic hydroxyl groups excluding tert-OH is 1. The highest BCUT2D eigenvalue weighted by Crippen LogP contribution is 2.48. The van der Waals surface area contributed by atoms with E-state index in [1.54, 1.807) is 0 Å². The quantitative estimate of drug-likeness (QED) is 0.775. The van der Waals surface area contributed by atoms with Crippen LogP contribution in [0.15, 0.2) is 18.2 Å². The second-order valence-corrected chi connectivity index (χ2v) is 6.03. The SMILES string of the molecule is CCCC(CCO)CNC(=O)C1CC1c1cc(F)ccc1F. The molecule has 0 aromatic heterocycles. The Morgan fingerprint density at radius 3 is 2.86 bits per heavy atom. The van der Waals surface area contributed by atoms with Gasteiger partial charge < -0.3 is 10.4 Å². The molecule has 2 N–H and O–H groups in total. The number of hydrogen-bond donors (Lipinski definition) is 2. The summed E-state index contributed by atoms with van der Waals surface area (Å²) in [6.07, 6.45) is 3.18. The minimum absolute atomic E-state index is 0.104. The Kier molecular flexibility index (Phi) is 5.89. The summed E-state index contributed by atoms with van der Waals surface area (Å²) < 4.78 is 26.9. The molecule has 2 rings (SSSR count). The van der Waals surface area contributed by atoms with E-state index < -0.39 is 11.6 Å². The first-order valence-corrected chi connectivity index (χ1v) is 7.90. The number of benzene rings is 1. The first kappa shape index (κ1) is 16.9. The molecule has 0 radical (unpaired) electrons. The van der Waals surface area contributed by atoms with Gasteiger partial charge in [0.2, 0.25) is 5.91 Å². The molecule has 0 aliphatic heterocycles. The maximum Gasteiger partial charge on any atom is 0.223 e. The molecule has 0 bridgehead atoms. The van der Waals surface area contributed by atoms with Gasteiger partial charge in [-0.3, -0.25) is 4.79 Å². The highest BCUT2D eigenvalue weighted by molar-refractivity contribution is 5.82. The Labute approximate surface area is 129 Å². The summed E-state index contributed by atoms with van der Waals surface area (Å²) in [4.78, 5) is 12.1. The Balaban J connectivity index is 1.86. The molecular formula is C17H23F2NO2. The highest BCUT2D eigenvalue weighted by Gasteiger charge is 2.45. The molecule has 1 aliphatic rings. The molecule has 22 heavy (non-hydrogen) atoms. The largest absolute Gasteiger partial charge is 0.396 e. The molecule has 0 spiro atoms. The standard InChI is InChI=1S/C17H23F2NO2/c1-2-3-11(6-7-21)10-20-17(22)15-9-13(15)14-8-12(18)4-5-16(14)19/h4-5,8,11,13,15,21H,2-3,6-7,9-10H2,1H3,(H,20,22). The predicted octanol–water partition coefficient (Wildman–Crippen LogP) is 2.98. The number of hydrogen-bond acceptors (Lipinski definition) is 2. The van der Waals surface area contributed by atoms with Gasteiger partial charge in [0.25, 0.3) is 0 Å². The van der Waals surface area contributed by atoms with Crippen LogP contribution in [0.5, 0.6) is 0 Å². The second kappa shape index (κ2) is 7.68. The number of aliphatic hydroxyl groups is 1. The Morgan fingerprint density at radius 2 is 2.18 bits per heavy atom. The molecule has 3 unspecified atom stereocenters. The smallest absolute Gasteiger partial charge is 0.223 e. The van der Waals surface area contributed by atoms with Gasteiger partial charge in [0.15, 0.2) is 0 Å². The van der Waals surface area contributed by atoms with Crippen LogP contribution >= 0.6 is 0 Å². The van der Waals surface area contributed by atoms with E-state index in [9.17, 15) is 13.6 Å². The van der Waals surface area contributed by atoms with Gasteiger partial charge >= 0.3 is 0 Å². The number of carbonyl (C=O) groups is 1. The summed E-state index contributed by atoms with van der Waals surface area (Å²) >= 11 is 0. The molecule has 0 heterocycles. The number of halogens is 2. The third-order valence-corrected chi connectivity index (χ3v) is 4.28. The molecule has 5 heteroatoms. The van der Waals surface area contributed by atoms with E-state index >= 15 is 0 Å². The molecule has 1 amide bonds. The average molecular weight is 311 g/mol. The van der Waals surface area contributed by atoms with E-state index in [4.69, 9.17) is 5.11 Å². The van der Waals surface area contributed by atoms with Crippen LogP contribution in [0.3, 0.4) is 0 Å². The van der Waals surface area contributed by atoms with Gasteiger partial charge in [0.05, 0.1) is 0 Å². The van der Waals surface area contributed by atoms with Crippen molar-refractivity contribution in [3.05, 3.63) is 35.4 Å². The normalized spacial score (nSPS) is 21.5. The number of rotatable bonds is 8. The second-order valence-electron chi connectivity index (χ2n) is 6.03. The summed E-state index contributed by atoms with van der Waals surface area (Å²) in [5, 5.41) is 11.9. The summed E-state index contributed by atoms with van der Waals surface area (Å²) in [6.45, 7) is 2.71. The first-order valence-electron chi connectivity index (χ1n) is 7.90. The maximum absolute atomic E-state index is 13.7. The molecular weight excluding hydrogens is 288 g/mol. The van der Waals surface area contributed by atoms with Crippen molar-refractivity contribution in [3.63, 3.8) is 0 Å². The highest BCUT2D eigenvalue weighted by atomic mass is 19.1. The summed E-state index contributed by atoms with van der Waals surface area (Å²) in [5.74, 6) is -1.26. The summed E-state index contributed by atoms with van der Waals surface area (Å²) in [7, 11) is 0. The number of amides is 1. The van der Waals surface area contributed by atoms with E-state index in [0.717, 1.165) is 25.0 Å². The molecule has 0 saturated heterocycles. The van der Waals surface area contributed by atoms with Gasteiger partial charge in [-0.15, -0.1) is 0 Å². The van der Waals surface area contributed by atoms with Gasteiger partial charge in [-0.25, -0.2) is 8.78 Å². The predicted molar refractivity (Wildman–Crippen MR) is 80.3 cm³/mol. The Bertz CT molecular complexity index is 515. The minimum atomic E-state index is -0.478. The van der Waals surface area contributed by atoms with Crippen molar-refractivity contribution in [3.8, 4) is 0 Å². The van der Waals surface area contributed by atoms with Crippen LogP contribution in [0.4, 0.5) is 8.78 Å². The molecule has 1 aliphatic carbocycles. The van der Waals surface area contributed by atoms with Crippen LogP contribution in [0.1, 0.15) is 44.1 Å². The lowest BCUT2D eigenvalue weighted by molar-refractivity contribution is -0.122. The van der Waals surface area contributed by atoms with Crippen LogP contribution in [-0.2, 0) is 4.79 Å². The van der Waals surface area contributed by atoms with Crippen LogP contribution in [0, 0.1) is 23.5 Å². The molecule has 1 aromatic rings. The number of carbonyl (C=O) groups excluding carboxylic acids is 1. The number of nitrogens with one attached hydrogen (secondary N) is 1. The summed E-state index contributed by atoms with van der Waals surface area (Å²) in [6, 6.07) is 3.37. The van der Waals surface area contributed by atoms with Crippen LogP contribution in [0.2, 0.25) is 0 Å². The van der Waals surface area contributed by atoms with Crippen molar-refractivity contribution in [1.82, 2.24) is 5.32 Å². The third-order valence-electron chi connectivity index (χ3n) is 4.28. The van der Waals surface area contributed by atoms with Crippen molar-refractivity contribution in [2.75, 3.05) is 13.2 Å². The van der Waals surface area contributed by atoms with Gasteiger partial charge in [0, 0.05) is 19.1 Å². The van der Waals surface area contributed by atoms with E-state index in [1.165, 1.54) is 6.07 Å². The van der Waals surface area contributed by atoms with Gasteiger partial charge in [-0.2, -0.15) is 0 Å². The average Bonchev–Trinajstić information content (AvgIpc) is 3.28. The molecule has 3 atom stereocenters. The summed E-state index contributed by atoms with van der Waals surface area (Å²) in [5.41, 5.74) is 0.292. The zero-order chi connectivity index (χ0) is 16.1. The van der Waals surface area contributed by atoms with Crippen molar-refractivity contribution in [1.29, 1.82) is 0 Å². The van der Waals surface area contributed by atoms with Crippen LogP contribution in [0.25, 0.3) is 0 Å². The first-order chi connectivity index (χ1) is 10.6. The lowest BCUT2D eigenvalue weighted by Crippen LogP contribution is -2.31. The van der Waals surface area contributed by atoms with E-state index in [0.29, 0.717) is 24.9 Å². The Hall–Kier alpha value is -1.49. The van der Waals surface area contributed by atoms with E-state index in [2.05, 4.69) is 12.2 Å². The van der Waals surface area contributed by atoms with Gasteiger partial charge in [0.1, 0.15) is 11.6 Å². The minimum Gasteiger partial charge on any atom is -0.396 e. The molecule has 1 fully saturated rings. The fraction of sp³-hybridized carbons (Fsp3) is 0.588.